The number of esters is 2. The van der Waals surface area contributed by atoms with Crippen LogP contribution < -0.4 is 0 Å². The van der Waals surface area contributed by atoms with Gasteiger partial charge in [-0.25, -0.2) is 0 Å². The molecule has 0 N–H and O–H groups in total. The van der Waals surface area contributed by atoms with Crippen LogP contribution in [0.2, 0.25) is 0 Å². The maximum absolute atomic E-state index is 11.2. The van der Waals surface area contributed by atoms with Gasteiger partial charge in [-0.1, -0.05) is 20.8 Å². The van der Waals surface area contributed by atoms with Crippen LogP contribution in [0.1, 0.15) is 40.0 Å². The van der Waals surface area contributed by atoms with Crippen LogP contribution in [0.15, 0.2) is 0 Å². The summed E-state index contributed by atoms with van der Waals surface area (Å²) >= 11 is 0. The smallest absolute Gasteiger partial charge is 0.308 e. The van der Waals surface area contributed by atoms with Crippen molar-refractivity contribution in [3.8, 4) is 0 Å². The summed E-state index contributed by atoms with van der Waals surface area (Å²) < 4.78 is 9.74. The van der Waals surface area contributed by atoms with E-state index in [2.05, 4.69) is 0 Å². The van der Waals surface area contributed by atoms with Gasteiger partial charge in [-0.3, -0.25) is 9.59 Å². The molecule has 0 rings (SSSR count). The summed E-state index contributed by atoms with van der Waals surface area (Å²) in [4.78, 5) is 22.1. The third-order valence-electron chi connectivity index (χ3n) is 2.06. The first-order chi connectivity index (χ1) is 7.11. The number of hydrogen-bond donors (Lipinski definition) is 0. The molecule has 1 unspecified atom stereocenters. The highest BCUT2D eigenvalue weighted by Crippen LogP contribution is 2.02. The van der Waals surface area contributed by atoms with Gasteiger partial charge in [-0.15, -0.1) is 0 Å². The lowest BCUT2D eigenvalue weighted by Crippen LogP contribution is -2.18. The minimum Gasteiger partial charge on any atom is -0.462 e. The monoisotopic (exact) mass is 216 g/mol. The van der Waals surface area contributed by atoms with Crippen molar-refractivity contribution < 1.29 is 19.1 Å². The molecular formula is C11H20O4. The number of carbonyl (C=O) groups excluding carboxylic acids is 2. The first-order valence-electron chi connectivity index (χ1n) is 5.44. The molecule has 0 spiro atoms. The quantitative estimate of drug-likeness (QED) is 0.482. The minimum atomic E-state index is -0.239. The Morgan fingerprint density at radius 3 is 2.27 bits per heavy atom. The third kappa shape index (κ3) is 6.94. The Hall–Kier alpha value is -1.06. The zero-order valence-electron chi connectivity index (χ0n) is 9.75. The van der Waals surface area contributed by atoms with Crippen LogP contribution in [0.25, 0.3) is 0 Å². The summed E-state index contributed by atoms with van der Waals surface area (Å²) in [7, 11) is 0. The Morgan fingerprint density at radius 1 is 1.13 bits per heavy atom. The van der Waals surface area contributed by atoms with E-state index < -0.39 is 0 Å². The van der Waals surface area contributed by atoms with E-state index in [1.165, 1.54) is 0 Å². The lowest BCUT2D eigenvalue weighted by Gasteiger charge is -2.09. The molecule has 0 aliphatic heterocycles. The van der Waals surface area contributed by atoms with Gasteiger partial charge < -0.3 is 9.47 Å². The number of rotatable bonds is 7. The number of ether oxygens (including phenoxy) is 2. The zero-order valence-corrected chi connectivity index (χ0v) is 9.75. The first kappa shape index (κ1) is 13.9. The molecule has 15 heavy (non-hydrogen) atoms. The highest BCUT2D eigenvalue weighted by Gasteiger charge is 2.11. The van der Waals surface area contributed by atoms with Crippen LogP contribution >= 0.6 is 0 Å². The maximum atomic E-state index is 11.2. The number of carbonyl (C=O) groups is 2. The van der Waals surface area contributed by atoms with Gasteiger partial charge in [0.05, 0.1) is 5.92 Å². The molecule has 0 radical (unpaired) electrons. The molecule has 0 saturated heterocycles. The van der Waals surface area contributed by atoms with Gasteiger partial charge in [0, 0.05) is 6.42 Å². The molecule has 0 saturated carbocycles. The third-order valence-corrected chi connectivity index (χ3v) is 2.06. The van der Waals surface area contributed by atoms with Gasteiger partial charge in [0.1, 0.15) is 13.2 Å². The summed E-state index contributed by atoms with van der Waals surface area (Å²) in [5.74, 6) is -0.558. The average Bonchev–Trinajstić information content (AvgIpc) is 2.23. The van der Waals surface area contributed by atoms with Gasteiger partial charge >= 0.3 is 11.9 Å². The highest BCUT2D eigenvalue weighted by atomic mass is 16.6. The first-order valence-corrected chi connectivity index (χ1v) is 5.44. The van der Waals surface area contributed by atoms with E-state index in [9.17, 15) is 9.59 Å². The fourth-order valence-electron chi connectivity index (χ4n) is 0.883. The average molecular weight is 216 g/mol. The van der Waals surface area contributed by atoms with Crippen molar-refractivity contribution in [3.05, 3.63) is 0 Å². The minimum absolute atomic E-state index is 0.0867. The molecule has 4 heteroatoms. The Labute approximate surface area is 90.9 Å². The van der Waals surface area contributed by atoms with Crippen LogP contribution in [0.5, 0.6) is 0 Å². The summed E-state index contributed by atoms with van der Waals surface area (Å²) in [6.07, 6.45) is 1.94. The van der Waals surface area contributed by atoms with Gasteiger partial charge in [0.15, 0.2) is 0 Å². The molecule has 0 amide bonds. The normalized spacial score (nSPS) is 11.9. The van der Waals surface area contributed by atoms with Crippen LogP contribution in [-0.4, -0.2) is 25.2 Å². The van der Waals surface area contributed by atoms with Crippen molar-refractivity contribution in [2.75, 3.05) is 13.2 Å². The molecule has 0 aromatic heterocycles. The number of hydrogen-bond acceptors (Lipinski definition) is 4. The molecule has 0 aromatic carbocycles. The molecule has 0 heterocycles. The fraction of sp³-hybridized carbons (Fsp3) is 0.818. The second kappa shape index (κ2) is 8.26. The molecule has 0 aliphatic carbocycles. The van der Waals surface area contributed by atoms with E-state index in [0.29, 0.717) is 6.42 Å². The molecule has 0 aliphatic rings. The fourth-order valence-corrected chi connectivity index (χ4v) is 0.883. The Kier molecular flexibility index (Phi) is 7.68. The molecular weight excluding hydrogens is 196 g/mol. The predicted octanol–water partition coefficient (Wildman–Crippen LogP) is 1.92. The van der Waals surface area contributed by atoms with Crippen LogP contribution in [0, 0.1) is 5.92 Å². The van der Waals surface area contributed by atoms with E-state index in [0.717, 1.165) is 12.8 Å². The second-order valence-corrected chi connectivity index (χ2v) is 3.45. The zero-order chi connectivity index (χ0) is 11.7. The topological polar surface area (TPSA) is 52.6 Å². The van der Waals surface area contributed by atoms with Crippen molar-refractivity contribution in [1.29, 1.82) is 0 Å². The van der Waals surface area contributed by atoms with E-state index in [-0.39, 0.29) is 31.1 Å². The summed E-state index contributed by atoms with van der Waals surface area (Å²) in [6, 6.07) is 0. The van der Waals surface area contributed by atoms with Crippen LogP contribution in [0.3, 0.4) is 0 Å². The lowest BCUT2D eigenvalue weighted by atomic mass is 10.1. The van der Waals surface area contributed by atoms with E-state index >= 15 is 0 Å². The predicted molar refractivity (Wildman–Crippen MR) is 56.3 cm³/mol. The van der Waals surface area contributed by atoms with Gasteiger partial charge in [-0.2, -0.15) is 0 Å². The Morgan fingerprint density at radius 2 is 1.73 bits per heavy atom. The van der Waals surface area contributed by atoms with Crippen molar-refractivity contribution >= 4 is 11.9 Å². The van der Waals surface area contributed by atoms with Crippen LogP contribution in [-0.2, 0) is 19.1 Å². The Bertz CT molecular complexity index is 201. The van der Waals surface area contributed by atoms with E-state index in [1.54, 1.807) is 0 Å². The van der Waals surface area contributed by atoms with Gasteiger partial charge in [0.25, 0.3) is 0 Å². The summed E-state index contributed by atoms with van der Waals surface area (Å²) in [5.41, 5.74) is 0. The summed E-state index contributed by atoms with van der Waals surface area (Å²) in [6.45, 7) is 5.95. The standard InChI is InChI=1S/C11H20O4/c1-4-6-10(12)14-7-8-15-11(13)9(3)5-2/h9H,4-8H2,1-3H3. The second-order valence-electron chi connectivity index (χ2n) is 3.45. The molecule has 1 atom stereocenters. The van der Waals surface area contributed by atoms with Crippen molar-refractivity contribution in [2.24, 2.45) is 5.92 Å². The van der Waals surface area contributed by atoms with Gasteiger partial charge in [0.2, 0.25) is 0 Å². The summed E-state index contributed by atoms with van der Waals surface area (Å²) in [5, 5.41) is 0. The van der Waals surface area contributed by atoms with Crippen molar-refractivity contribution in [2.45, 2.75) is 40.0 Å². The van der Waals surface area contributed by atoms with Crippen LogP contribution in [0.4, 0.5) is 0 Å². The van der Waals surface area contributed by atoms with Gasteiger partial charge in [-0.05, 0) is 12.8 Å². The molecule has 0 fully saturated rings. The van der Waals surface area contributed by atoms with E-state index in [1.807, 2.05) is 20.8 Å². The van der Waals surface area contributed by atoms with Crippen molar-refractivity contribution in [3.63, 3.8) is 0 Å². The molecule has 88 valence electrons. The molecule has 0 bridgehead atoms. The Balaban J connectivity index is 3.46. The largest absolute Gasteiger partial charge is 0.462 e. The highest BCUT2D eigenvalue weighted by molar-refractivity contribution is 5.72. The molecule has 4 nitrogen and oxygen atoms in total. The van der Waals surface area contributed by atoms with E-state index in [4.69, 9.17) is 9.47 Å². The van der Waals surface area contributed by atoms with Crippen molar-refractivity contribution in [1.82, 2.24) is 0 Å². The maximum Gasteiger partial charge on any atom is 0.308 e. The molecule has 0 aromatic rings. The SMILES string of the molecule is CCCC(=O)OCCOC(=O)C(C)CC. The lowest BCUT2D eigenvalue weighted by molar-refractivity contribution is -0.154.